The molecule has 1 aliphatic heterocycles. The van der Waals surface area contributed by atoms with Gasteiger partial charge >= 0.3 is 6.09 Å². The monoisotopic (exact) mass is 451 g/mol. The predicted octanol–water partition coefficient (Wildman–Crippen LogP) is 2.52. The maximum atomic E-state index is 13.2. The van der Waals surface area contributed by atoms with Crippen LogP contribution in [0.4, 0.5) is 4.79 Å². The second kappa shape index (κ2) is 11.0. The molecule has 32 heavy (non-hydrogen) atoms. The zero-order valence-electron chi connectivity index (χ0n) is 20.2. The lowest BCUT2D eigenvalue weighted by atomic mass is 9.76. The predicted molar refractivity (Wildman–Crippen MR) is 119 cm³/mol. The summed E-state index contributed by atoms with van der Waals surface area (Å²) in [7, 11) is 3.87. The number of Topliss-reactive ketones (excluding diaryl/α,β-unsaturated/α-hetero) is 1. The van der Waals surface area contributed by atoms with Gasteiger partial charge in [0.15, 0.2) is 11.5 Å². The van der Waals surface area contributed by atoms with E-state index in [1.54, 1.807) is 6.92 Å². The van der Waals surface area contributed by atoms with Crippen molar-refractivity contribution in [2.24, 2.45) is 11.3 Å². The Bertz CT molecular complexity index is 801. The first-order valence-corrected chi connectivity index (χ1v) is 11.0. The fourth-order valence-electron chi connectivity index (χ4n) is 3.37. The largest absolute Gasteiger partial charge is 0.466 e. The molecular formula is C23H37N3O6. The van der Waals surface area contributed by atoms with Crippen LogP contribution in [-0.2, 0) is 14.3 Å². The number of rotatable bonds is 10. The lowest BCUT2D eigenvalue weighted by Crippen LogP contribution is -2.55. The van der Waals surface area contributed by atoms with Gasteiger partial charge in [-0.2, -0.15) is 0 Å². The minimum absolute atomic E-state index is 0.0273. The van der Waals surface area contributed by atoms with E-state index in [0.717, 1.165) is 6.54 Å². The number of furan rings is 1. The summed E-state index contributed by atoms with van der Waals surface area (Å²) in [6.45, 7) is 10.6. The standard InChI is InChI=1S/C23H37N3O6/c1-14(2)23(4,5)12-16(24-22(29)32-18-9-11-30-15(18)3)21(28)25-20-17(27)13-31-19(20)8-10-26(6)7/h9,11,14,16,19-20H,8,10,12-13H2,1-7H3,(H,24,29)(H,25,28)/t16-,19?,20?/m0/s1. The van der Waals surface area contributed by atoms with Gasteiger partial charge in [0.25, 0.3) is 0 Å². The fourth-order valence-corrected chi connectivity index (χ4v) is 3.37. The maximum Gasteiger partial charge on any atom is 0.413 e. The molecule has 1 aromatic rings. The molecule has 3 atom stereocenters. The van der Waals surface area contributed by atoms with E-state index in [9.17, 15) is 14.4 Å². The quantitative estimate of drug-likeness (QED) is 0.562. The number of ether oxygens (including phenoxy) is 2. The average molecular weight is 452 g/mol. The number of ketones is 1. The summed E-state index contributed by atoms with van der Waals surface area (Å²) in [4.78, 5) is 40.1. The van der Waals surface area contributed by atoms with E-state index in [4.69, 9.17) is 13.9 Å². The van der Waals surface area contributed by atoms with Crippen molar-refractivity contribution in [2.45, 2.75) is 65.6 Å². The van der Waals surface area contributed by atoms with Gasteiger partial charge in [0.2, 0.25) is 5.91 Å². The Morgan fingerprint density at radius 2 is 2.00 bits per heavy atom. The van der Waals surface area contributed by atoms with E-state index in [0.29, 0.717) is 18.6 Å². The van der Waals surface area contributed by atoms with E-state index in [1.165, 1.54) is 12.3 Å². The van der Waals surface area contributed by atoms with Crippen molar-refractivity contribution in [2.75, 3.05) is 27.2 Å². The number of hydrogen-bond acceptors (Lipinski definition) is 7. The topological polar surface area (TPSA) is 110 Å². The molecule has 1 aliphatic rings. The molecule has 9 nitrogen and oxygen atoms in total. The number of hydrogen-bond donors (Lipinski definition) is 2. The van der Waals surface area contributed by atoms with Gasteiger partial charge in [0, 0.05) is 12.6 Å². The fraction of sp³-hybridized carbons (Fsp3) is 0.696. The molecular weight excluding hydrogens is 414 g/mol. The molecule has 1 saturated heterocycles. The molecule has 2 heterocycles. The Balaban J connectivity index is 2.12. The smallest absolute Gasteiger partial charge is 0.413 e. The Kier molecular flexibility index (Phi) is 8.86. The van der Waals surface area contributed by atoms with Crippen molar-refractivity contribution < 1.29 is 28.3 Å². The first kappa shape index (κ1) is 25.9. The minimum Gasteiger partial charge on any atom is -0.466 e. The molecule has 2 amide bonds. The van der Waals surface area contributed by atoms with Gasteiger partial charge in [-0.3, -0.25) is 9.59 Å². The van der Waals surface area contributed by atoms with Crippen LogP contribution in [0.15, 0.2) is 16.7 Å². The summed E-state index contributed by atoms with van der Waals surface area (Å²) in [6, 6.07) is -0.0811. The lowest BCUT2D eigenvalue weighted by molar-refractivity contribution is -0.128. The van der Waals surface area contributed by atoms with E-state index < -0.39 is 30.2 Å². The zero-order valence-corrected chi connectivity index (χ0v) is 20.2. The highest BCUT2D eigenvalue weighted by atomic mass is 16.6. The van der Waals surface area contributed by atoms with E-state index in [1.807, 2.05) is 32.8 Å². The van der Waals surface area contributed by atoms with Gasteiger partial charge in [-0.05, 0) is 45.2 Å². The Hall–Kier alpha value is -2.39. The molecule has 1 fully saturated rings. The summed E-state index contributed by atoms with van der Waals surface area (Å²) in [5.74, 6) is 0.406. The van der Waals surface area contributed by atoms with Gasteiger partial charge in [-0.1, -0.05) is 27.7 Å². The van der Waals surface area contributed by atoms with Crippen LogP contribution in [0.5, 0.6) is 5.75 Å². The summed E-state index contributed by atoms with van der Waals surface area (Å²) in [6.07, 6.45) is 1.26. The summed E-state index contributed by atoms with van der Waals surface area (Å²) >= 11 is 0. The Morgan fingerprint density at radius 1 is 1.31 bits per heavy atom. The molecule has 0 spiro atoms. The van der Waals surface area contributed by atoms with Crippen LogP contribution in [0.1, 0.15) is 46.3 Å². The van der Waals surface area contributed by atoms with Crippen molar-refractivity contribution in [3.8, 4) is 5.75 Å². The van der Waals surface area contributed by atoms with Crippen molar-refractivity contribution >= 4 is 17.8 Å². The first-order chi connectivity index (χ1) is 14.9. The number of carbonyl (C=O) groups is 3. The minimum atomic E-state index is -0.880. The third kappa shape index (κ3) is 7.06. The van der Waals surface area contributed by atoms with Crippen molar-refractivity contribution in [1.29, 1.82) is 0 Å². The van der Waals surface area contributed by atoms with Crippen LogP contribution in [0.25, 0.3) is 0 Å². The van der Waals surface area contributed by atoms with Crippen LogP contribution in [-0.4, -0.2) is 68.1 Å². The second-order valence-corrected chi connectivity index (χ2v) is 9.67. The van der Waals surface area contributed by atoms with Crippen molar-refractivity contribution in [3.63, 3.8) is 0 Å². The molecule has 0 saturated carbocycles. The number of nitrogens with zero attached hydrogens (tertiary/aromatic N) is 1. The highest BCUT2D eigenvalue weighted by Gasteiger charge is 2.39. The van der Waals surface area contributed by atoms with Crippen LogP contribution in [0, 0.1) is 18.3 Å². The SMILES string of the molecule is Cc1occc1OC(=O)N[C@@H](CC(C)(C)C(C)C)C(=O)NC1C(=O)COC1CCN(C)C. The molecule has 2 rings (SSSR count). The summed E-state index contributed by atoms with van der Waals surface area (Å²) in [5.41, 5.74) is -0.249. The molecule has 0 radical (unpaired) electrons. The van der Waals surface area contributed by atoms with Crippen LogP contribution >= 0.6 is 0 Å². The third-order valence-electron chi connectivity index (χ3n) is 6.23. The number of nitrogens with one attached hydrogen (secondary N) is 2. The normalized spacial score (nSPS) is 20.0. The Labute approximate surface area is 190 Å². The highest BCUT2D eigenvalue weighted by Crippen LogP contribution is 2.32. The van der Waals surface area contributed by atoms with E-state index in [-0.39, 0.29) is 29.5 Å². The van der Waals surface area contributed by atoms with Gasteiger partial charge in [-0.25, -0.2) is 4.79 Å². The molecule has 9 heteroatoms. The van der Waals surface area contributed by atoms with Gasteiger partial charge < -0.3 is 29.4 Å². The van der Waals surface area contributed by atoms with Gasteiger partial charge in [0.1, 0.15) is 24.5 Å². The molecule has 180 valence electrons. The third-order valence-corrected chi connectivity index (χ3v) is 6.23. The number of carbonyl (C=O) groups excluding carboxylic acids is 3. The number of amides is 2. The Morgan fingerprint density at radius 3 is 2.56 bits per heavy atom. The number of aryl methyl sites for hydroxylation is 1. The summed E-state index contributed by atoms with van der Waals surface area (Å²) in [5, 5.41) is 5.49. The van der Waals surface area contributed by atoms with E-state index in [2.05, 4.69) is 24.5 Å². The van der Waals surface area contributed by atoms with Gasteiger partial charge in [0.05, 0.1) is 12.4 Å². The molecule has 0 aliphatic carbocycles. The second-order valence-electron chi connectivity index (χ2n) is 9.67. The average Bonchev–Trinajstić information content (AvgIpc) is 3.25. The zero-order chi connectivity index (χ0) is 24.1. The maximum absolute atomic E-state index is 13.2. The van der Waals surface area contributed by atoms with E-state index >= 15 is 0 Å². The first-order valence-electron chi connectivity index (χ1n) is 11.0. The molecule has 2 N–H and O–H groups in total. The molecule has 0 bridgehead atoms. The van der Waals surface area contributed by atoms with Crippen LogP contribution in [0.3, 0.4) is 0 Å². The highest BCUT2D eigenvalue weighted by molar-refractivity contribution is 5.94. The van der Waals surface area contributed by atoms with Crippen molar-refractivity contribution in [3.05, 3.63) is 18.1 Å². The summed E-state index contributed by atoms with van der Waals surface area (Å²) < 4.78 is 16.0. The van der Waals surface area contributed by atoms with Crippen LogP contribution in [0.2, 0.25) is 0 Å². The molecule has 1 aromatic heterocycles. The van der Waals surface area contributed by atoms with Crippen molar-refractivity contribution in [1.82, 2.24) is 15.5 Å². The molecule has 0 aromatic carbocycles. The van der Waals surface area contributed by atoms with Crippen LogP contribution < -0.4 is 15.4 Å². The van der Waals surface area contributed by atoms with Gasteiger partial charge in [-0.15, -0.1) is 0 Å². The lowest BCUT2D eigenvalue weighted by Gasteiger charge is -2.33. The molecule has 2 unspecified atom stereocenters.